The standard InChI is InChI=1S/C14H11N3O3/c1-2-20-14(19)13(18)11(8-16)9-17-12-5-3-10(7-15)4-6-12/h3-6,9,17H,2H2,1H3/b11-9+. The molecule has 0 bridgehead atoms. The lowest BCUT2D eigenvalue weighted by Crippen LogP contribution is -2.19. The van der Waals surface area contributed by atoms with Gasteiger partial charge in [0.2, 0.25) is 0 Å². The highest BCUT2D eigenvalue weighted by Crippen LogP contribution is 2.09. The summed E-state index contributed by atoms with van der Waals surface area (Å²) in [5, 5.41) is 20.2. The lowest BCUT2D eigenvalue weighted by Gasteiger charge is -2.02. The number of carbonyl (C=O) groups excluding carboxylic acids is 2. The Hall–Kier alpha value is -3.12. The van der Waals surface area contributed by atoms with Gasteiger partial charge in [0.15, 0.2) is 0 Å². The summed E-state index contributed by atoms with van der Waals surface area (Å²) in [5.74, 6) is -2.07. The van der Waals surface area contributed by atoms with Crippen LogP contribution in [0.5, 0.6) is 0 Å². The van der Waals surface area contributed by atoms with Crippen molar-refractivity contribution in [2.24, 2.45) is 0 Å². The van der Waals surface area contributed by atoms with Crippen LogP contribution in [0.3, 0.4) is 0 Å². The lowest BCUT2D eigenvalue weighted by atomic mass is 10.2. The molecule has 0 fully saturated rings. The van der Waals surface area contributed by atoms with E-state index in [0.717, 1.165) is 6.20 Å². The molecule has 6 heteroatoms. The summed E-state index contributed by atoms with van der Waals surface area (Å²) in [6.07, 6.45) is 1.13. The van der Waals surface area contributed by atoms with E-state index in [1.54, 1.807) is 37.3 Å². The van der Waals surface area contributed by atoms with Crippen molar-refractivity contribution in [3.63, 3.8) is 0 Å². The van der Waals surface area contributed by atoms with E-state index in [-0.39, 0.29) is 12.2 Å². The van der Waals surface area contributed by atoms with Crippen LogP contribution in [0, 0.1) is 22.7 Å². The molecular weight excluding hydrogens is 258 g/mol. The maximum Gasteiger partial charge on any atom is 0.380 e. The van der Waals surface area contributed by atoms with Crippen LogP contribution < -0.4 is 5.32 Å². The van der Waals surface area contributed by atoms with E-state index in [1.807, 2.05) is 6.07 Å². The summed E-state index contributed by atoms with van der Waals surface area (Å²) in [7, 11) is 0. The van der Waals surface area contributed by atoms with Crippen molar-refractivity contribution in [1.82, 2.24) is 0 Å². The molecule has 1 N–H and O–H groups in total. The Morgan fingerprint density at radius 2 is 1.95 bits per heavy atom. The molecule has 0 saturated heterocycles. The second-order valence-electron chi connectivity index (χ2n) is 3.55. The number of nitrogens with zero attached hydrogens (tertiary/aromatic N) is 2. The summed E-state index contributed by atoms with van der Waals surface area (Å²) in [6, 6.07) is 9.97. The predicted molar refractivity (Wildman–Crippen MR) is 70.1 cm³/mol. The molecular formula is C14H11N3O3. The molecule has 20 heavy (non-hydrogen) atoms. The van der Waals surface area contributed by atoms with E-state index in [1.165, 1.54) is 0 Å². The average Bonchev–Trinajstić information content (AvgIpc) is 2.48. The van der Waals surface area contributed by atoms with Crippen LogP contribution in [0.25, 0.3) is 0 Å². The summed E-state index contributed by atoms with van der Waals surface area (Å²) in [5.41, 5.74) is 0.712. The fraction of sp³-hybridized carbons (Fsp3) is 0.143. The third-order valence-corrected chi connectivity index (χ3v) is 2.22. The topological polar surface area (TPSA) is 103 Å². The minimum absolute atomic E-state index is 0.0618. The zero-order valence-electron chi connectivity index (χ0n) is 10.7. The second kappa shape index (κ2) is 7.34. The minimum atomic E-state index is -1.07. The third kappa shape index (κ3) is 3.97. The largest absolute Gasteiger partial charge is 0.460 e. The number of ketones is 1. The van der Waals surface area contributed by atoms with Crippen molar-refractivity contribution in [3.8, 4) is 12.1 Å². The Balaban J connectivity index is 2.80. The van der Waals surface area contributed by atoms with Crippen LogP contribution in [0.4, 0.5) is 5.69 Å². The number of Topliss-reactive ketones (excluding diaryl/α,β-unsaturated/α-hetero) is 1. The van der Waals surface area contributed by atoms with Crippen molar-refractivity contribution < 1.29 is 14.3 Å². The smallest absolute Gasteiger partial charge is 0.380 e. The summed E-state index contributed by atoms with van der Waals surface area (Å²) >= 11 is 0. The normalized spacial score (nSPS) is 10.1. The van der Waals surface area contributed by atoms with Crippen LogP contribution in [0.1, 0.15) is 12.5 Å². The molecule has 0 unspecified atom stereocenters. The zero-order chi connectivity index (χ0) is 15.0. The van der Waals surface area contributed by atoms with Gasteiger partial charge in [-0.05, 0) is 31.2 Å². The first-order chi connectivity index (χ1) is 9.62. The molecule has 0 aliphatic carbocycles. The predicted octanol–water partition coefficient (Wildman–Crippen LogP) is 1.51. The van der Waals surface area contributed by atoms with Gasteiger partial charge in [0.25, 0.3) is 5.78 Å². The summed E-state index contributed by atoms with van der Waals surface area (Å²) in [6.45, 7) is 1.63. The highest BCUT2D eigenvalue weighted by molar-refractivity contribution is 6.41. The molecule has 0 aromatic heterocycles. The fourth-order valence-electron chi connectivity index (χ4n) is 1.25. The van der Waals surface area contributed by atoms with Crippen molar-refractivity contribution in [1.29, 1.82) is 10.5 Å². The highest BCUT2D eigenvalue weighted by atomic mass is 16.5. The van der Waals surface area contributed by atoms with E-state index in [4.69, 9.17) is 10.5 Å². The van der Waals surface area contributed by atoms with Crippen molar-refractivity contribution in [2.45, 2.75) is 6.92 Å². The first-order valence-electron chi connectivity index (χ1n) is 5.70. The number of carbonyl (C=O) groups is 2. The zero-order valence-corrected chi connectivity index (χ0v) is 10.7. The highest BCUT2D eigenvalue weighted by Gasteiger charge is 2.19. The molecule has 0 aliphatic rings. The first kappa shape index (κ1) is 14.9. The Kier molecular flexibility index (Phi) is 5.49. The summed E-state index contributed by atoms with van der Waals surface area (Å²) in [4.78, 5) is 22.7. The van der Waals surface area contributed by atoms with Crippen molar-refractivity contribution in [2.75, 3.05) is 11.9 Å². The van der Waals surface area contributed by atoms with E-state index >= 15 is 0 Å². The minimum Gasteiger partial charge on any atom is -0.460 e. The Bertz CT molecular complexity index is 619. The van der Waals surface area contributed by atoms with Crippen molar-refractivity contribution >= 4 is 17.4 Å². The lowest BCUT2D eigenvalue weighted by molar-refractivity contribution is -0.151. The first-order valence-corrected chi connectivity index (χ1v) is 5.70. The summed E-state index contributed by atoms with van der Waals surface area (Å²) < 4.78 is 4.52. The molecule has 0 amide bonds. The average molecular weight is 269 g/mol. The number of esters is 1. The molecule has 1 rings (SSSR count). The SMILES string of the molecule is CCOC(=O)C(=O)/C(C#N)=C/Nc1ccc(C#N)cc1. The molecule has 0 heterocycles. The van der Waals surface area contributed by atoms with E-state index in [2.05, 4.69) is 10.1 Å². The number of nitriles is 2. The van der Waals surface area contributed by atoms with E-state index in [9.17, 15) is 9.59 Å². The molecule has 0 aliphatic heterocycles. The number of hydrogen-bond donors (Lipinski definition) is 1. The molecule has 1 aromatic rings. The maximum atomic E-state index is 11.5. The van der Waals surface area contributed by atoms with Crippen LogP contribution in [-0.4, -0.2) is 18.4 Å². The number of ether oxygens (including phenoxy) is 1. The van der Waals surface area contributed by atoms with Crippen molar-refractivity contribution in [3.05, 3.63) is 41.6 Å². The Morgan fingerprint density at radius 3 is 2.45 bits per heavy atom. The monoisotopic (exact) mass is 269 g/mol. The van der Waals surface area contributed by atoms with Crippen LogP contribution >= 0.6 is 0 Å². The molecule has 0 radical (unpaired) electrons. The van der Waals surface area contributed by atoms with E-state index in [0.29, 0.717) is 11.3 Å². The molecule has 100 valence electrons. The van der Waals surface area contributed by atoms with Gasteiger partial charge < -0.3 is 10.1 Å². The molecule has 0 saturated carbocycles. The van der Waals surface area contributed by atoms with Crippen LogP contribution in [0.2, 0.25) is 0 Å². The van der Waals surface area contributed by atoms with Crippen LogP contribution in [-0.2, 0) is 14.3 Å². The van der Waals surface area contributed by atoms with Gasteiger partial charge in [-0.2, -0.15) is 10.5 Å². The maximum absolute atomic E-state index is 11.5. The van der Waals surface area contributed by atoms with Gasteiger partial charge in [-0.25, -0.2) is 4.79 Å². The van der Waals surface area contributed by atoms with Gasteiger partial charge in [0.05, 0.1) is 18.2 Å². The fourth-order valence-corrected chi connectivity index (χ4v) is 1.25. The number of benzene rings is 1. The molecule has 0 spiro atoms. The van der Waals surface area contributed by atoms with Gasteiger partial charge in [0.1, 0.15) is 11.6 Å². The number of rotatable bonds is 5. The molecule has 6 nitrogen and oxygen atoms in total. The van der Waals surface area contributed by atoms with Gasteiger partial charge in [-0.15, -0.1) is 0 Å². The van der Waals surface area contributed by atoms with Gasteiger partial charge in [-0.1, -0.05) is 0 Å². The van der Waals surface area contributed by atoms with Gasteiger partial charge >= 0.3 is 5.97 Å². The number of anilines is 1. The number of hydrogen-bond acceptors (Lipinski definition) is 6. The quantitative estimate of drug-likeness (QED) is 0.376. The second-order valence-corrected chi connectivity index (χ2v) is 3.55. The van der Waals surface area contributed by atoms with Gasteiger partial charge in [-0.3, -0.25) is 4.79 Å². The molecule has 0 atom stereocenters. The number of nitrogens with one attached hydrogen (secondary N) is 1. The Morgan fingerprint density at radius 1 is 1.30 bits per heavy atom. The van der Waals surface area contributed by atoms with Crippen LogP contribution in [0.15, 0.2) is 36.0 Å². The molecule has 1 aromatic carbocycles. The third-order valence-electron chi connectivity index (χ3n) is 2.22. The van der Waals surface area contributed by atoms with E-state index < -0.39 is 11.8 Å². The Labute approximate surface area is 115 Å². The van der Waals surface area contributed by atoms with Gasteiger partial charge in [0, 0.05) is 11.9 Å².